The molecular weight excluding hydrogens is 491 g/mol. The number of hydrogen-bond acceptors (Lipinski definition) is 4. The summed E-state index contributed by atoms with van der Waals surface area (Å²) in [7, 11) is 0. The van der Waals surface area contributed by atoms with E-state index in [1.165, 1.54) is 0 Å². The number of carbonyl (C=O) groups is 3. The third-order valence-electron chi connectivity index (χ3n) is 5.06. The van der Waals surface area contributed by atoms with E-state index in [1.54, 1.807) is 72.8 Å². The van der Waals surface area contributed by atoms with Crippen molar-refractivity contribution in [3.63, 3.8) is 0 Å². The van der Waals surface area contributed by atoms with Crippen LogP contribution in [0.1, 0.15) is 43.9 Å². The first-order valence-corrected chi connectivity index (χ1v) is 12.2. The third-order valence-corrected chi connectivity index (χ3v) is 8.19. The van der Waals surface area contributed by atoms with Crippen LogP contribution in [0.3, 0.4) is 0 Å². The molecule has 0 bridgehead atoms. The van der Waals surface area contributed by atoms with E-state index < -0.39 is 25.4 Å². The average molecular weight is 510 g/mol. The summed E-state index contributed by atoms with van der Waals surface area (Å²) in [6.07, 6.45) is 2.65. The molecule has 6 heteroatoms. The summed E-state index contributed by atoms with van der Waals surface area (Å²) in [6.45, 7) is 0. The number of hydrogen-bond donors (Lipinski definition) is 0. The van der Waals surface area contributed by atoms with E-state index in [0.717, 1.165) is 0 Å². The fourth-order valence-corrected chi connectivity index (χ4v) is 6.30. The molecule has 1 unspecified atom stereocenters. The standard InChI is InChI=1S/C26H19ClO4Se/c27-21-15-13-20(14-16-21)25(30)31-26(24(29)19-10-5-2-6-11-19)17-7-12-22(32-26)23(28)18-8-3-1-4-9-18/h1-6,8-16H,7,17H2. The molecule has 0 N–H and O–H groups in total. The van der Waals surface area contributed by atoms with Gasteiger partial charge in [-0.05, 0) is 0 Å². The van der Waals surface area contributed by atoms with Crippen molar-refractivity contribution in [3.05, 3.63) is 117 Å². The molecule has 4 rings (SSSR count). The molecule has 0 spiro atoms. The Balaban J connectivity index is 1.68. The summed E-state index contributed by atoms with van der Waals surface area (Å²) in [6, 6.07) is 24.0. The van der Waals surface area contributed by atoms with Crippen LogP contribution in [0.2, 0.25) is 5.02 Å². The summed E-state index contributed by atoms with van der Waals surface area (Å²) in [5.74, 6) is -1.04. The molecule has 3 aromatic rings. The summed E-state index contributed by atoms with van der Waals surface area (Å²) < 4.78 is 5.07. The summed E-state index contributed by atoms with van der Waals surface area (Å²) >= 11 is 5.22. The van der Waals surface area contributed by atoms with Gasteiger partial charge in [0.1, 0.15) is 0 Å². The second-order valence-electron chi connectivity index (χ2n) is 7.25. The van der Waals surface area contributed by atoms with E-state index in [9.17, 15) is 14.4 Å². The Morgan fingerprint density at radius 1 is 0.781 bits per heavy atom. The van der Waals surface area contributed by atoms with Gasteiger partial charge in [0, 0.05) is 0 Å². The summed E-state index contributed by atoms with van der Waals surface area (Å²) in [5, 5.41) is 0.497. The van der Waals surface area contributed by atoms with Crippen LogP contribution in [0, 0.1) is 0 Å². The molecule has 4 nitrogen and oxygen atoms in total. The first-order chi connectivity index (χ1) is 15.5. The van der Waals surface area contributed by atoms with Crippen LogP contribution in [0.15, 0.2) is 95.5 Å². The molecule has 0 radical (unpaired) electrons. The fourth-order valence-electron chi connectivity index (χ4n) is 3.42. The second-order valence-corrected chi connectivity index (χ2v) is 10.4. The van der Waals surface area contributed by atoms with Gasteiger partial charge < -0.3 is 0 Å². The van der Waals surface area contributed by atoms with Crippen molar-refractivity contribution in [2.24, 2.45) is 0 Å². The molecule has 0 fully saturated rings. The van der Waals surface area contributed by atoms with Gasteiger partial charge in [-0.1, -0.05) is 0 Å². The van der Waals surface area contributed by atoms with Crippen molar-refractivity contribution < 1.29 is 19.1 Å². The first kappa shape index (κ1) is 22.2. The number of rotatable bonds is 6. The molecule has 1 aliphatic rings. The predicted molar refractivity (Wildman–Crippen MR) is 124 cm³/mol. The Morgan fingerprint density at radius 2 is 1.38 bits per heavy atom. The Kier molecular flexibility index (Phi) is 6.71. The van der Waals surface area contributed by atoms with Crippen LogP contribution in [-0.4, -0.2) is 37.0 Å². The van der Waals surface area contributed by atoms with Crippen LogP contribution >= 0.6 is 11.6 Å². The van der Waals surface area contributed by atoms with Crippen LogP contribution in [0.25, 0.3) is 0 Å². The van der Waals surface area contributed by atoms with Crippen molar-refractivity contribution >= 4 is 44.1 Å². The van der Waals surface area contributed by atoms with Gasteiger partial charge in [0.2, 0.25) is 0 Å². The van der Waals surface area contributed by atoms with Gasteiger partial charge in [0.25, 0.3) is 0 Å². The fraction of sp³-hybridized carbons (Fsp3) is 0.115. The van der Waals surface area contributed by atoms with E-state index >= 15 is 0 Å². The predicted octanol–water partition coefficient (Wildman–Crippen LogP) is 5.34. The van der Waals surface area contributed by atoms with Crippen molar-refractivity contribution in [2.75, 3.05) is 0 Å². The molecule has 0 aromatic heterocycles. The number of benzene rings is 3. The SMILES string of the molecule is O=C(OC1(C(=O)c2ccccc2)CCC=C(C(=O)c2ccccc2)[Se]1)c1ccc(Cl)cc1. The quantitative estimate of drug-likeness (QED) is 0.256. The van der Waals surface area contributed by atoms with Gasteiger partial charge in [-0.15, -0.1) is 0 Å². The molecule has 1 atom stereocenters. The van der Waals surface area contributed by atoms with Crippen molar-refractivity contribution in [1.29, 1.82) is 0 Å². The number of carbonyl (C=O) groups excluding carboxylic acids is 3. The van der Waals surface area contributed by atoms with Gasteiger partial charge in [0.05, 0.1) is 0 Å². The molecule has 1 heterocycles. The van der Waals surface area contributed by atoms with Gasteiger partial charge in [-0.25, -0.2) is 0 Å². The van der Waals surface area contributed by atoms with Crippen LogP contribution in [-0.2, 0) is 4.74 Å². The zero-order valence-electron chi connectivity index (χ0n) is 17.0. The van der Waals surface area contributed by atoms with Crippen molar-refractivity contribution in [2.45, 2.75) is 17.3 Å². The van der Waals surface area contributed by atoms with Crippen LogP contribution in [0.5, 0.6) is 0 Å². The summed E-state index contributed by atoms with van der Waals surface area (Å²) in [4.78, 5) is 39.7. The van der Waals surface area contributed by atoms with Crippen molar-refractivity contribution in [1.82, 2.24) is 0 Å². The van der Waals surface area contributed by atoms with Gasteiger partial charge >= 0.3 is 198 Å². The molecule has 160 valence electrons. The van der Waals surface area contributed by atoms with Gasteiger partial charge in [-0.3, -0.25) is 0 Å². The Bertz CT molecular complexity index is 1170. The van der Waals surface area contributed by atoms with E-state index in [2.05, 4.69) is 0 Å². The second kappa shape index (κ2) is 9.66. The topological polar surface area (TPSA) is 60.4 Å². The molecule has 0 aliphatic carbocycles. The molecule has 0 saturated heterocycles. The Hall–Kier alpha value is -2.98. The van der Waals surface area contributed by atoms with Crippen molar-refractivity contribution in [3.8, 4) is 0 Å². The molecule has 0 amide bonds. The number of allylic oxidation sites excluding steroid dienone is 2. The van der Waals surface area contributed by atoms with Gasteiger partial charge in [0.15, 0.2) is 0 Å². The normalized spacial score (nSPS) is 17.8. The number of ether oxygens (including phenoxy) is 1. The number of esters is 1. The third kappa shape index (κ3) is 4.76. The average Bonchev–Trinajstić information content (AvgIpc) is 2.84. The maximum absolute atomic E-state index is 13.6. The number of Topliss-reactive ketones (excluding diaryl/α,β-unsaturated/α-hetero) is 2. The van der Waals surface area contributed by atoms with E-state index in [1.807, 2.05) is 18.2 Å². The molecule has 3 aromatic carbocycles. The van der Waals surface area contributed by atoms with E-state index in [4.69, 9.17) is 16.3 Å². The van der Waals surface area contributed by atoms with Gasteiger partial charge in [-0.2, -0.15) is 0 Å². The first-order valence-electron chi connectivity index (χ1n) is 10.1. The maximum atomic E-state index is 13.6. The van der Waals surface area contributed by atoms with Crippen LogP contribution < -0.4 is 0 Å². The Labute approximate surface area is 197 Å². The monoisotopic (exact) mass is 510 g/mol. The van der Waals surface area contributed by atoms with E-state index in [-0.39, 0.29) is 11.6 Å². The minimum atomic E-state index is -1.40. The Morgan fingerprint density at radius 3 is 2.00 bits per heavy atom. The molecular formula is C26H19ClO4Se. The molecule has 0 saturated carbocycles. The zero-order chi connectivity index (χ0) is 22.6. The molecule has 32 heavy (non-hydrogen) atoms. The number of halogens is 1. The van der Waals surface area contributed by atoms with E-state index in [0.29, 0.717) is 39.0 Å². The summed E-state index contributed by atoms with van der Waals surface area (Å²) in [5.41, 5.74) is 1.30. The minimum absolute atomic E-state index is 0.141. The molecule has 1 aliphatic heterocycles. The zero-order valence-corrected chi connectivity index (χ0v) is 19.5. The van der Waals surface area contributed by atoms with Crippen LogP contribution in [0.4, 0.5) is 0 Å². The number of ketones is 2.